The lowest BCUT2D eigenvalue weighted by Gasteiger charge is -2.24. The van der Waals surface area contributed by atoms with Crippen LogP contribution in [0.15, 0.2) is 18.2 Å². The van der Waals surface area contributed by atoms with Crippen LogP contribution in [0.25, 0.3) is 0 Å². The predicted octanol–water partition coefficient (Wildman–Crippen LogP) is 1.62. The highest BCUT2D eigenvalue weighted by molar-refractivity contribution is 6.51. The van der Waals surface area contributed by atoms with Gasteiger partial charge in [-0.05, 0) is 30.5 Å². The van der Waals surface area contributed by atoms with Gasteiger partial charge in [0.05, 0.1) is 23.6 Å². The van der Waals surface area contributed by atoms with E-state index in [1.165, 1.54) is 0 Å². The topological polar surface area (TPSA) is 128 Å². The third kappa shape index (κ3) is 7.10. The fourth-order valence-corrected chi connectivity index (χ4v) is 3.42. The number of carbonyl (C=O) groups is 5. The number of halogens is 4. The Morgan fingerprint density at radius 2 is 1.80 bits per heavy atom. The fourth-order valence-electron chi connectivity index (χ4n) is 3.42. The zero-order valence-corrected chi connectivity index (χ0v) is 18.8. The lowest BCUT2D eigenvalue weighted by molar-refractivity contribution is -0.146. The highest BCUT2D eigenvalue weighted by Crippen LogP contribution is 2.31. The van der Waals surface area contributed by atoms with E-state index in [2.05, 4.69) is 5.32 Å². The summed E-state index contributed by atoms with van der Waals surface area (Å²) in [6, 6.07) is 1.30. The molecule has 14 heteroatoms. The Bertz CT molecular complexity index is 977. The third-order valence-electron chi connectivity index (χ3n) is 5.11. The van der Waals surface area contributed by atoms with E-state index in [0.29, 0.717) is 30.8 Å². The predicted molar refractivity (Wildman–Crippen MR) is 112 cm³/mol. The van der Waals surface area contributed by atoms with E-state index in [-0.39, 0.29) is 12.3 Å². The molecule has 1 heterocycles. The molecule has 0 aromatic heterocycles. The second-order valence-corrected chi connectivity index (χ2v) is 8.31. The van der Waals surface area contributed by atoms with E-state index in [4.69, 9.17) is 9.31 Å². The van der Waals surface area contributed by atoms with Gasteiger partial charge in [-0.25, -0.2) is 4.39 Å². The molecule has 1 saturated heterocycles. The molecule has 1 atom stereocenters. The maximum atomic E-state index is 13.9. The smallest absolute Gasteiger partial charge is 0.506 e. The monoisotopic (exact) mass is 502 g/mol. The minimum absolute atomic E-state index is 0.0523. The number of aldehydes is 2. The van der Waals surface area contributed by atoms with Crippen molar-refractivity contribution in [2.45, 2.75) is 50.8 Å². The van der Waals surface area contributed by atoms with E-state index in [0.717, 1.165) is 0 Å². The number of alkyl halides is 3. The number of benzene rings is 1. The van der Waals surface area contributed by atoms with Crippen molar-refractivity contribution in [3.63, 3.8) is 0 Å². The first-order valence-electron chi connectivity index (χ1n) is 10.5. The van der Waals surface area contributed by atoms with Crippen LogP contribution in [0.3, 0.4) is 0 Å². The number of amides is 2. The second-order valence-electron chi connectivity index (χ2n) is 8.31. The molecular formula is C21H23BF4N2O7. The highest BCUT2D eigenvalue weighted by atomic mass is 19.4. The van der Waals surface area contributed by atoms with Gasteiger partial charge < -0.3 is 29.5 Å². The molecule has 0 radical (unpaired) electrons. The molecule has 9 nitrogen and oxygen atoms in total. The lowest BCUT2D eigenvalue weighted by Crippen LogP contribution is -2.51. The Balaban J connectivity index is 2.09. The molecule has 0 spiro atoms. The molecule has 2 amide bonds. The first-order valence-corrected chi connectivity index (χ1v) is 10.5. The molecular weight excluding hydrogens is 479 g/mol. The van der Waals surface area contributed by atoms with Gasteiger partial charge in [0.15, 0.2) is 5.60 Å². The molecule has 2 N–H and O–H groups in total. The maximum absolute atomic E-state index is 13.9. The summed E-state index contributed by atoms with van der Waals surface area (Å²) in [5.41, 5.74) is -3.95. The molecule has 0 aliphatic carbocycles. The van der Waals surface area contributed by atoms with E-state index >= 15 is 0 Å². The van der Waals surface area contributed by atoms with Crippen molar-refractivity contribution >= 4 is 37.5 Å². The third-order valence-corrected chi connectivity index (χ3v) is 5.11. The molecule has 190 valence electrons. The quantitative estimate of drug-likeness (QED) is 0.268. The van der Waals surface area contributed by atoms with Crippen LogP contribution in [0, 0.1) is 11.7 Å². The first-order chi connectivity index (χ1) is 16.3. The van der Waals surface area contributed by atoms with Gasteiger partial charge in [0.25, 0.3) is 5.91 Å². The summed E-state index contributed by atoms with van der Waals surface area (Å²) < 4.78 is 63.2. The van der Waals surface area contributed by atoms with Gasteiger partial charge in [0.2, 0.25) is 5.91 Å². The number of nitrogens with one attached hydrogen (secondary N) is 2. The van der Waals surface area contributed by atoms with Crippen molar-refractivity contribution in [3.05, 3.63) is 35.1 Å². The molecule has 0 bridgehead atoms. The summed E-state index contributed by atoms with van der Waals surface area (Å²) in [5.74, 6) is -5.24. The summed E-state index contributed by atoms with van der Waals surface area (Å²) >= 11 is 0. The second kappa shape index (κ2) is 11.4. The van der Waals surface area contributed by atoms with E-state index in [1.807, 2.05) is 5.32 Å². The van der Waals surface area contributed by atoms with Crippen LogP contribution >= 0.6 is 0 Å². The SMILES string of the molecule is CC(C)C[C@H](NC(=O)CNC(=O)c1cc(C(F)(F)F)ccc1F)B1OC(=O)C(CC=O)(CC=O)O1. The van der Waals surface area contributed by atoms with Gasteiger partial charge in [0, 0.05) is 12.8 Å². The van der Waals surface area contributed by atoms with E-state index in [9.17, 15) is 41.5 Å². The van der Waals surface area contributed by atoms with Gasteiger partial charge in [0.1, 0.15) is 18.4 Å². The Morgan fingerprint density at radius 3 is 2.34 bits per heavy atom. The largest absolute Gasteiger partial charge is 0.552 e. The van der Waals surface area contributed by atoms with Crippen LogP contribution in [0.2, 0.25) is 0 Å². The molecule has 0 saturated carbocycles. The summed E-state index contributed by atoms with van der Waals surface area (Å²) in [7, 11) is -1.34. The number of rotatable bonds is 11. The number of hydrogen-bond donors (Lipinski definition) is 2. The molecule has 1 fully saturated rings. The average Bonchev–Trinajstić information content (AvgIpc) is 3.07. The maximum Gasteiger partial charge on any atom is 0.552 e. The summed E-state index contributed by atoms with van der Waals surface area (Å²) in [5, 5.41) is 4.52. The number of hydrogen-bond acceptors (Lipinski definition) is 7. The summed E-state index contributed by atoms with van der Waals surface area (Å²) in [6.45, 7) is 2.84. The van der Waals surface area contributed by atoms with Crippen LogP contribution in [0.5, 0.6) is 0 Å². The Kier molecular flexibility index (Phi) is 9.13. The zero-order valence-electron chi connectivity index (χ0n) is 18.8. The van der Waals surface area contributed by atoms with Crippen LogP contribution in [-0.2, 0) is 34.7 Å². The van der Waals surface area contributed by atoms with Gasteiger partial charge >= 0.3 is 19.3 Å². The van der Waals surface area contributed by atoms with Crippen molar-refractivity contribution < 1.29 is 50.8 Å². The molecule has 35 heavy (non-hydrogen) atoms. The minimum Gasteiger partial charge on any atom is -0.506 e. The van der Waals surface area contributed by atoms with Crippen molar-refractivity contribution in [1.82, 2.24) is 10.6 Å². The van der Waals surface area contributed by atoms with Crippen LogP contribution in [0.1, 0.15) is 49.0 Å². The fraction of sp³-hybridized carbons (Fsp3) is 0.476. The molecule has 1 aromatic rings. The van der Waals surface area contributed by atoms with Gasteiger partial charge in [-0.15, -0.1) is 0 Å². The Hall–Kier alpha value is -3.29. The lowest BCUT2D eigenvalue weighted by atomic mass is 9.74. The molecule has 1 aliphatic rings. The van der Waals surface area contributed by atoms with Crippen molar-refractivity contribution in [3.8, 4) is 0 Å². The van der Waals surface area contributed by atoms with Crippen molar-refractivity contribution in [1.29, 1.82) is 0 Å². The zero-order chi connectivity index (χ0) is 26.4. The summed E-state index contributed by atoms with van der Waals surface area (Å²) in [4.78, 5) is 58.9. The van der Waals surface area contributed by atoms with Gasteiger partial charge in [-0.2, -0.15) is 13.2 Å². The van der Waals surface area contributed by atoms with E-state index in [1.54, 1.807) is 13.8 Å². The van der Waals surface area contributed by atoms with Crippen LogP contribution in [0.4, 0.5) is 17.6 Å². The molecule has 2 rings (SSSR count). The van der Waals surface area contributed by atoms with Crippen molar-refractivity contribution in [2.24, 2.45) is 5.92 Å². The van der Waals surface area contributed by atoms with Crippen LogP contribution in [-0.4, -0.2) is 55.6 Å². The molecule has 1 aliphatic heterocycles. The normalized spacial score (nSPS) is 16.0. The highest BCUT2D eigenvalue weighted by Gasteiger charge is 2.55. The Morgan fingerprint density at radius 1 is 1.17 bits per heavy atom. The van der Waals surface area contributed by atoms with Gasteiger partial charge in [-0.3, -0.25) is 14.4 Å². The van der Waals surface area contributed by atoms with Crippen LogP contribution < -0.4 is 10.6 Å². The standard InChI is InChI=1S/C21H23BF4N2O7/c1-12(2)9-16(22-34-19(33)20(35-22,5-7-29)6-8-30)28-17(31)11-27-18(32)14-10-13(21(24,25)26)3-4-15(14)23/h3-4,7-8,10,12,16H,5-6,9,11H2,1-2H3,(H,27,32)(H,28,31)/t16-/m0/s1. The first kappa shape index (κ1) is 28.0. The molecule has 1 aromatic carbocycles. The Labute approximate surface area is 198 Å². The average molecular weight is 502 g/mol. The number of carbonyl (C=O) groups excluding carboxylic acids is 5. The van der Waals surface area contributed by atoms with E-state index < -0.39 is 79.0 Å². The van der Waals surface area contributed by atoms with Gasteiger partial charge in [-0.1, -0.05) is 13.8 Å². The summed E-state index contributed by atoms with van der Waals surface area (Å²) in [6.07, 6.45) is -4.68. The molecule has 0 unspecified atom stereocenters. The van der Waals surface area contributed by atoms with Crippen molar-refractivity contribution in [2.75, 3.05) is 6.54 Å². The minimum atomic E-state index is -4.80.